The monoisotopic (exact) mass is 399 g/mol. The smallest absolute Gasteiger partial charge is 0.257 e. The van der Waals surface area contributed by atoms with Gasteiger partial charge in [-0.3, -0.25) is 4.79 Å². The fourth-order valence-electron chi connectivity index (χ4n) is 3.48. The Morgan fingerprint density at radius 1 is 0.867 bits per heavy atom. The number of imidazole rings is 1. The molecule has 1 aromatic heterocycles. The number of fused-ring (bicyclic) bond motifs is 1. The lowest BCUT2D eigenvalue weighted by Gasteiger charge is -2.11. The highest BCUT2D eigenvalue weighted by Crippen LogP contribution is 2.17. The quantitative estimate of drug-likeness (QED) is 0.463. The van der Waals surface area contributed by atoms with Crippen LogP contribution >= 0.6 is 0 Å². The first-order chi connectivity index (χ1) is 14.8. The molecule has 4 rings (SSSR count). The minimum atomic E-state index is -0.134. The zero-order valence-corrected chi connectivity index (χ0v) is 16.8. The van der Waals surface area contributed by atoms with Gasteiger partial charge in [0.05, 0.1) is 11.0 Å². The van der Waals surface area contributed by atoms with Crippen LogP contribution in [0.4, 0.5) is 0 Å². The number of benzene rings is 3. The van der Waals surface area contributed by atoms with E-state index in [9.17, 15) is 4.79 Å². The summed E-state index contributed by atoms with van der Waals surface area (Å²) in [7, 11) is 0. The van der Waals surface area contributed by atoms with Crippen molar-refractivity contribution in [3.8, 4) is 5.75 Å². The molecule has 0 atom stereocenters. The molecular weight excluding hydrogens is 374 g/mol. The van der Waals surface area contributed by atoms with Crippen LogP contribution in [0.5, 0.6) is 5.75 Å². The van der Waals surface area contributed by atoms with Crippen molar-refractivity contribution in [1.29, 1.82) is 0 Å². The minimum absolute atomic E-state index is 0.00837. The predicted octanol–water partition coefficient (Wildman–Crippen LogP) is 4.02. The number of hydrogen-bond acceptors (Lipinski definition) is 3. The molecule has 0 unspecified atom stereocenters. The van der Waals surface area contributed by atoms with Crippen molar-refractivity contribution < 1.29 is 9.53 Å². The minimum Gasteiger partial charge on any atom is -0.484 e. The Morgan fingerprint density at radius 3 is 2.37 bits per heavy atom. The molecule has 1 amide bonds. The van der Waals surface area contributed by atoms with Gasteiger partial charge < -0.3 is 14.6 Å². The van der Waals surface area contributed by atoms with Crippen LogP contribution in [0.3, 0.4) is 0 Å². The fraction of sp³-hybridized carbons (Fsp3) is 0.200. The van der Waals surface area contributed by atoms with Crippen LogP contribution in [-0.4, -0.2) is 28.6 Å². The average molecular weight is 399 g/mol. The van der Waals surface area contributed by atoms with Crippen LogP contribution in [0.2, 0.25) is 0 Å². The van der Waals surface area contributed by atoms with Crippen LogP contribution < -0.4 is 10.1 Å². The van der Waals surface area contributed by atoms with Crippen LogP contribution in [0.25, 0.3) is 11.0 Å². The van der Waals surface area contributed by atoms with Crippen molar-refractivity contribution in [2.75, 3.05) is 13.2 Å². The Morgan fingerprint density at radius 2 is 1.57 bits per heavy atom. The second-order valence-electron chi connectivity index (χ2n) is 7.11. The molecule has 30 heavy (non-hydrogen) atoms. The van der Waals surface area contributed by atoms with Crippen molar-refractivity contribution in [3.63, 3.8) is 0 Å². The molecule has 0 radical (unpaired) electrons. The molecule has 0 fully saturated rings. The number of hydrogen-bond donors (Lipinski definition) is 1. The molecule has 4 aromatic rings. The van der Waals surface area contributed by atoms with Gasteiger partial charge in [0.15, 0.2) is 6.61 Å². The number of amides is 1. The van der Waals surface area contributed by atoms with Crippen molar-refractivity contribution in [2.45, 2.75) is 19.4 Å². The molecule has 5 nitrogen and oxygen atoms in total. The normalized spacial score (nSPS) is 10.8. The largest absolute Gasteiger partial charge is 0.484 e. The third-order valence-corrected chi connectivity index (χ3v) is 4.98. The Bertz CT molecular complexity index is 1090. The molecule has 0 saturated carbocycles. The Kier molecular flexibility index (Phi) is 6.40. The van der Waals surface area contributed by atoms with E-state index in [1.165, 1.54) is 5.56 Å². The molecule has 5 heteroatoms. The number of carbonyl (C=O) groups excluding carboxylic acids is 1. The van der Waals surface area contributed by atoms with Gasteiger partial charge >= 0.3 is 0 Å². The first-order valence-electron chi connectivity index (χ1n) is 10.2. The van der Waals surface area contributed by atoms with Gasteiger partial charge in [0, 0.05) is 19.5 Å². The van der Waals surface area contributed by atoms with Crippen molar-refractivity contribution in [1.82, 2.24) is 14.9 Å². The average Bonchev–Trinajstić information content (AvgIpc) is 3.15. The molecule has 1 N–H and O–H groups in total. The van der Waals surface area contributed by atoms with E-state index in [1.807, 2.05) is 54.6 Å². The van der Waals surface area contributed by atoms with E-state index in [4.69, 9.17) is 9.72 Å². The van der Waals surface area contributed by atoms with Gasteiger partial charge in [-0.05, 0) is 36.2 Å². The molecule has 0 bridgehead atoms. The Labute approximate surface area is 176 Å². The predicted molar refractivity (Wildman–Crippen MR) is 119 cm³/mol. The SMILES string of the molecule is O=C(COc1ccccc1)NCCc1nc2ccccc2n1CCc1ccccc1. The second kappa shape index (κ2) is 9.74. The van der Waals surface area contributed by atoms with E-state index < -0.39 is 0 Å². The van der Waals surface area contributed by atoms with Gasteiger partial charge in [-0.25, -0.2) is 4.98 Å². The standard InChI is InChI=1S/C25H25N3O2/c29-25(19-30-21-11-5-2-6-12-21)26-17-15-24-27-22-13-7-8-14-23(22)28(24)18-16-20-9-3-1-4-10-20/h1-14H,15-19H2,(H,26,29). The van der Waals surface area contributed by atoms with Gasteiger partial charge in [-0.2, -0.15) is 0 Å². The summed E-state index contributed by atoms with van der Waals surface area (Å²) in [6.07, 6.45) is 1.60. The van der Waals surface area contributed by atoms with Crippen molar-refractivity contribution >= 4 is 16.9 Å². The fourth-order valence-corrected chi connectivity index (χ4v) is 3.48. The van der Waals surface area contributed by atoms with Crippen molar-refractivity contribution in [3.05, 3.63) is 96.3 Å². The lowest BCUT2D eigenvalue weighted by atomic mass is 10.1. The summed E-state index contributed by atoms with van der Waals surface area (Å²) in [5, 5.41) is 2.93. The molecule has 0 aliphatic rings. The number of rotatable bonds is 9. The summed E-state index contributed by atoms with van der Waals surface area (Å²) >= 11 is 0. The number of para-hydroxylation sites is 3. The molecule has 152 valence electrons. The maximum atomic E-state index is 12.1. The van der Waals surface area contributed by atoms with E-state index in [1.54, 1.807) is 0 Å². The third kappa shape index (κ3) is 5.06. The number of aryl methyl sites for hydroxylation is 2. The van der Waals surface area contributed by atoms with E-state index in [0.717, 1.165) is 29.8 Å². The van der Waals surface area contributed by atoms with E-state index >= 15 is 0 Å². The highest BCUT2D eigenvalue weighted by atomic mass is 16.5. The molecule has 0 aliphatic heterocycles. The van der Waals surface area contributed by atoms with Crippen LogP contribution in [-0.2, 0) is 24.2 Å². The summed E-state index contributed by atoms with van der Waals surface area (Å²) in [4.78, 5) is 16.9. The van der Waals surface area contributed by atoms with E-state index in [0.29, 0.717) is 18.7 Å². The van der Waals surface area contributed by atoms with Gasteiger partial charge in [0.1, 0.15) is 11.6 Å². The summed E-state index contributed by atoms with van der Waals surface area (Å²) in [5.41, 5.74) is 3.41. The number of ether oxygens (including phenoxy) is 1. The molecule has 0 spiro atoms. The third-order valence-electron chi connectivity index (χ3n) is 4.98. The number of carbonyl (C=O) groups is 1. The van der Waals surface area contributed by atoms with Crippen LogP contribution in [0, 0.1) is 0 Å². The molecule has 0 saturated heterocycles. The summed E-state index contributed by atoms with van der Waals surface area (Å²) in [5.74, 6) is 1.54. The Balaban J connectivity index is 1.36. The topological polar surface area (TPSA) is 56.1 Å². The second-order valence-corrected chi connectivity index (χ2v) is 7.11. The van der Waals surface area contributed by atoms with Gasteiger partial charge in [0.25, 0.3) is 5.91 Å². The molecule has 3 aromatic carbocycles. The Hall–Kier alpha value is -3.60. The van der Waals surface area contributed by atoms with Crippen LogP contribution in [0.1, 0.15) is 11.4 Å². The molecule has 1 heterocycles. The van der Waals surface area contributed by atoms with Crippen LogP contribution in [0.15, 0.2) is 84.9 Å². The number of nitrogens with zero attached hydrogens (tertiary/aromatic N) is 2. The lowest BCUT2D eigenvalue weighted by molar-refractivity contribution is -0.123. The zero-order valence-electron chi connectivity index (χ0n) is 16.8. The molecule has 0 aliphatic carbocycles. The molecular formula is C25H25N3O2. The van der Waals surface area contributed by atoms with E-state index in [2.05, 4.69) is 40.2 Å². The summed E-state index contributed by atoms with van der Waals surface area (Å²) in [6, 6.07) is 28.0. The van der Waals surface area contributed by atoms with Crippen molar-refractivity contribution in [2.24, 2.45) is 0 Å². The van der Waals surface area contributed by atoms with Gasteiger partial charge in [0.2, 0.25) is 0 Å². The first-order valence-corrected chi connectivity index (χ1v) is 10.2. The van der Waals surface area contributed by atoms with E-state index in [-0.39, 0.29) is 12.5 Å². The summed E-state index contributed by atoms with van der Waals surface area (Å²) in [6.45, 7) is 1.38. The lowest BCUT2D eigenvalue weighted by Crippen LogP contribution is -2.31. The van der Waals surface area contributed by atoms with Gasteiger partial charge in [-0.15, -0.1) is 0 Å². The number of aromatic nitrogens is 2. The summed E-state index contributed by atoms with van der Waals surface area (Å²) < 4.78 is 7.76. The highest BCUT2D eigenvalue weighted by molar-refractivity contribution is 5.77. The highest BCUT2D eigenvalue weighted by Gasteiger charge is 2.11. The zero-order chi connectivity index (χ0) is 20.6. The maximum Gasteiger partial charge on any atom is 0.257 e. The first kappa shape index (κ1) is 19.7. The number of nitrogens with one attached hydrogen (secondary N) is 1. The maximum absolute atomic E-state index is 12.1. The van der Waals surface area contributed by atoms with Gasteiger partial charge in [-0.1, -0.05) is 60.7 Å².